The summed E-state index contributed by atoms with van der Waals surface area (Å²) in [5, 5.41) is 10.3. The highest BCUT2D eigenvalue weighted by Gasteiger charge is 2.13. The maximum absolute atomic E-state index is 7.84. The Morgan fingerprint density at radius 2 is 2.29 bits per heavy atom. The summed E-state index contributed by atoms with van der Waals surface area (Å²) in [5.74, 6) is 1.38. The van der Waals surface area contributed by atoms with Crippen molar-refractivity contribution in [1.29, 1.82) is 0 Å². The zero-order valence-corrected chi connectivity index (χ0v) is 15.1. The maximum atomic E-state index is 7.84. The fourth-order valence-electron chi connectivity index (χ4n) is 1.91. The molecular formula is C14H19ClN8S. The number of hydrogen-bond donors (Lipinski definition) is 2. The molecule has 2 heterocycles. The second kappa shape index (κ2) is 9.27. The number of anilines is 1. The van der Waals surface area contributed by atoms with E-state index >= 15 is 0 Å². The number of fused-ring (bicyclic) bond motifs is 1. The Balaban J connectivity index is 0.000000224. The van der Waals surface area contributed by atoms with Crippen molar-refractivity contribution in [2.24, 2.45) is 16.0 Å². The van der Waals surface area contributed by atoms with E-state index in [4.69, 9.17) is 17.1 Å². The van der Waals surface area contributed by atoms with E-state index in [-0.39, 0.29) is 0 Å². The zero-order valence-electron chi connectivity index (χ0n) is 13.5. The van der Waals surface area contributed by atoms with Gasteiger partial charge in [0, 0.05) is 18.0 Å². The fraction of sp³-hybridized carbons (Fsp3) is 0.500. The van der Waals surface area contributed by atoms with Gasteiger partial charge in [0.05, 0.1) is 29.0 Å². The number of nitrogens with zero attached hydrogens (tertiary/aromatic N) is 6. The number of benzene rings is 1. The molecule has 0 atom stereocenters. The fourth-order valence-corrected chi connectivity index (χ4v) is 2.65. The Hall–Kier alpha value is -2.09. The molecule has 0 fully saturated rings. The third-order valence-corrected chi connectivity index (χ3v) is 4.02. The Labute approximate surface area is 149 Å². The van der Waals surface area contributed by atoms with Crippen LogP contribution in [-0.4, -0.2) is 34.3 Å². The standard InChI is InChI=1S/C9H8ClN5S.C5H11N3/c10-5-1-2-6-8(15-16-14-6)7(5)13-9-11-3-4-12-9;1-5(2)3-4-7-8-6/h1-2H,3-4H2,(H2,11,12,13);5H,3-4H2,1-2H3. The Bertz CT molecular complexity index is 750. The molecule has 2 aromatic rings. The molecule has 0 saturated heterocycles. The second-order valence-electron chi connectivity index (χ2n) is 5.47. The van der Waals surface area contributed by atoms with Crippen LogP contribution in [0.4, 0.5) is 5.69 Å². The lowest BCUT2D eigenvalue weighted by molar-refractivity contribution is 0.595. The minimum atomic E-state index is 0.622. The average Bonchev–Trinajstić information content (AvgIpc) is 3.22. The minimum Gasteiger partial charge on any atom is -0.354 e. The molecule has 0 saturated carbocycles. The van der Waals surface area contributed by atoms with Crippen LogP contribution >= 0.6 is 23.3 Å². The molecular weight excluding hydrogens is 348 g/mol. The summed E-state index contributed by atoms with van der Waals surface area (Å²) in [4.78, 5) is 6.89. The van der Waals surface area contributed by atoms with Crippen molar-refractivity contribution in [1.82, 2.24) is 14.1 Å². The van der Waals surface area contributed by atoms with E-state index in [1.807, 2.05) is 12.1 Å². The molecule has 128 valence electrons. The normalized spacial score (nSPS) is 12.9. The highest BCUT2D eigenvalue weighted by atomic mass is 35.5. The van der Waals surface area contributed by atoms with Crippen molar-refractivity contribution in [3.05, 3.63) is 27.6 Å². The second-order valence-corrected chi connectivity index (χ2v) is 6.41. The van der Waals surface area contributed by atoms with E-state index in [0.717, 1.165) is 42.2 Å². The summed E-state index contributed by atoms with van der Waals surface area (Å²) >= 11 is 7.30. The number of aromatic nitrogens is 2. The monoisotopic (exact) mass is 366 g/mol. The van der Waals surface area contributed by atoms with Crippen LogP contribution in [-0.2, 0) is 0 Å². The van der Waals surface area contributed by atoms with Crippen LogP contribution in [0.25, 0.3) is 21.5 Å². The summed E-state index contributed by atoms with van der Waals surface area (Å²) in [6.45, 7) is 6.48. The predicted octanol–water partition coefficient (Wildman–Crippen LogP) is 4.06. The van der Waals surface area contributed by atoms with Crippen LogP contribution in [0, 0.1) is 5.92 Å². The van der Waals surface area contributed by atoms with E-state index in [9.17, 15) is 0 Å². The van der Waals surface area contributed by atoms with Gasteiger partial charge >= 0.3 is 0 Å². The molecule has 0 radical (unpaired) electrons. The first-order valence-corrected chi connectivity index (χ1v) is 8.69. The van der Waals surface area contributed by atoms with Crippen molar-refractivity contribution >= 4 is 46.0 Å². The summed E-state index contributed by atoms with van der Waals surface area (Å²) in [7, 11) is 0. The molecule has 0 spiro atoms. The first-order valence-electron chi connectivity index (χ1n) is 7.58. The molecule has 1 aromatic carbocycles. The number of aliphatic imine (C=N–C) groups is 1. The van der Waals surface area contributed by atoms with Crippen LogP contribution < -0.4 is 10.6 Å². The van der Waals surface area contributed by atoms with Crippen LogP contribution in [0.2, 0.25) is 5.02 Å². The van der Waals surface area contributed by atoms with Gasteiger partial charge in [-0.25, -0.2) is 0 Å². The lowest BCUT2D eigenvalue weighted by atomic mass is 10.1. The van der Waals surface area contributed by atoms with E-state index in [1.165, 1.54) is 11.7 Å². The van der Waals surface area contributed by atoms with Crippen LogP contribution in [0.1, 0.15) is 20.3 Å². The Kier molecular flexibility index (Phi) is 7.05. The highest BCUT2D eigenvalue weighted by Crippen LogP contribution is 2.29. The molecule has 1 aromatic heterocycles. The number of rotatable bonds is 4. The van der Waals surface area contributed by atoms with Gasteiger partial charge in [-0.05, 0) is 30.0 Å². The van der Waals surface area contributed by atoms with Gasteiger partial charge in [0.25, 0.3) is 0 Å². The summed E-state index contributed by atoms with van der Waals surface area (Å²) < 4.78 is 8.39. The number of halogens is 1. The van der Waals surface area contributed by atoms with E-state index in [0.29, 0.717) is 17.5 Å². The molecule has 0 unspecified atom stereocenters. The van der Waals surface area contributed by atoms with Crippen molar-refractivity contribution in [2.45, 2.75) is 20.3 Å². The van der Waals surface area contributed by atoms with Gasteiger partial charge in [0.1, 0.15) is 11.0 Å². The van der Waals surface area contributed by atoms with Crippen molar-refractivity contribution in [3.63, 3.8) is 0 Å². The molecule has 10 heteroatoms. The first kappa shape index (κ1) is 18.3. The Morgan fingerprint density at radius 1 is 1.46 bits per heavy atom. The van der Waals surface area contributed by atoms with Crippen molar-refractivity contribution in [3.8, 4) is 0 Å². The van der Waals surface area contributed by atoms with Crippen LogP contribution in [0.3, 0.4) is 0 Å². The van der Waals surface area contributed by atoms with Gasteiger partial charge in [-0.1, -0.05) is 30.6 Å². The van der Waals surface area contributed by atoms with Crippen molar-refractivity contribution < 1.29 is 0 Å². The molecule has 0 bridgehead atoms. The quantitative estimate of drug-likeness (QED) is 0.482. The van der Waals surface area contributed by atoms with E-state index < -0.39 is 0 Å². The SMILES string of the molecule is CC(C)CCN=[N+]=[N-].Clc1ccc2nsnc2c1NC1=NCCN1. The number of hydrogen-bond acceptors (Lipinski definition) is 7. The van der Waals surface area contributed by atoms with Gasteiger partial charge in [-0.15, -0.1) is 0 Å². The van der Waals surface area contributed by atoms with Gasteiger partial charge in [0.15, 0.2) is 5.96 Å². The van der Waals surface area contributed by atoms with Gasteiger partial charge < -0.3 is 10.6 Å². The number of azide groups is 1. The van der Waals surface area contributed by atoms with Gasteiger partial charge in [-0.2, -0.15) is 8.75 Å². The molecule has 0 amide bonds. The van der Waals surface area contributed by atoms with E-state index in [2.05, 4.69) is 48.2 Å². The molecule has 1 aliphatic rings. The minimum absolute atomic E-state index is 0.622. The molecule has 8 nitrogen and oxygen atoms in total. The van der Waals surface area contributed by atoms with Crippen LogP contribution in [0.15, 0.2) is 22.2 Å². The summed E-state index contributed by atoms with van der Waals surface area (Å²) in [6.07, 6.45) is 0.990. The average molecular weight is 367 g/mol. The van der Waals surface area contributed by atoms with Crippen molar-refractivity contribution in [2.75, 3.05) is 25.0 Å². The number of guanidine groups is 1. The summed E-state index contributed by atoms with van der Waals surface area (Å²) in [5.41, 5.74) is 10.2. The van der Waals surface area contributed by atoms with Gasteiger partial charge in [0.2, 0.25) is 0 Å². The molecule has 24 heavy (non-hydrogen) atoms. The highest BCUT2D eigenvalue weighted by molar-refractivity contribution is 7.00. The summed E-state index contributed by atoms with van der Waals surface area (Å²) in [6, 6.07) is 3.67. The van der Waals surface area contributed by atoms with Crippen LogP contribution in [0.5, 0.6) is 0 Å². The van der Waals surface area contributed by atoms with Gasteiger partial charge in [-0.3, -0.25) is 4.99 Å². The third-order valence-electron chi connectivity index (χ3n) is 3.16. The Morgan fingerprint density at radius 3 is 2.96 bits per heavy atom. The zero-order chi connectivity index (χ0) is 17.4. The smallest absolute Gasteiger partial charge is 0.196 e. The lowest BCUT2D eigenvalue weighted by Crippen LogP contribution is -2.26. The largest absolute Gasteiger partial charge is 0.354 e. The predicted molar refractivity (Wildman–Crippen MR) is 99.8 cm³/mol. The first-order chi connectivity index (χ1) is 11.6. The topological polar surface area (TPSA) is 111 Å². The molecule has 2 N–H and O–H groups in total. The number of nitrogens with one attached hydrogen (secondary N) is 2. The molecule has 0 aliphatic carbocycles. The molecule has 3 rings (SSSR count). The maximum Gasteiger partial charge on any atom is 0.196 e. The lowest BCUT2D eigenvalue weighted by Gasteiger charge is -2.08. The van der Waals surface area contributed by atoms with E-state index in [1.54, 1.807) is 0 Å². The third kappa shape index (κ3) is 5.23. The molecule has 1 aliphatic heterocycles.